The number of carbonyl (C=O) groups excluding carboxylic acids is 5. The summed E-state index contributed by atoms with van der Waals surface area (Å²) in [5.41, 5.74) is 22.5. The van der Waals surface area contributed by atoms with Crippen LogP contribution in [0.1, 0.15) is 226 Å². The average Bonchev–Trinajstić information content (AvgIpc) is 1.61. The second-order valence-corrected chi connectivity index (χ2v) is 35.8. The van der Waals surface area contributed by atoms with Gasteiger partial charge in [0.25, 0.3) is 0 Å². The number of carboxylic acids is 2. The highest BCUT2D eigenvalue weighted by Gasteiger charge is 2.42. The monoisotopic (exact) mass is 1760 g/mol. The van der Waals surface area contributed by atoms with E-state index in [1.54, 1.807) is 53.4 Å². The van der Waals surface area contributed by atoms with Crippen LogP contribution in [0.25, 0.3) is 41.7 Å². The number of thiophene rings is 2. The van der Waals surface area contributed by atoms with Crippen molar-refractivity contribution in [1.29, 1.82) is 0 Å². The molecule has 0 spiro atoms. The van der Waals surface area contributed by atoms with Crippen molar-refractivity contribution in [2.75, 3.05) is 13.7 Å². The summed E-state index contributed by atoms with van der Waals surface area (Å²) in [6.07, 6.45) is 16.6. The van der Waals surface area contributed by atoms with E-state index in [2.05, 4.69) is 22.1 Å². The summed E-state index contributed by atoms with van der Waals surface area (Å²) in [6.45, 7) is 8.32. The summed E-state index contributed by atoms with van der Waals surface area (Å²) in [5, 5.41) is 95.5. The van der Waals surface area contributed by atoms with Crippen LogP contribution in [0.3, 0.4) is 0 Å². The van der Waals surface area contributed by atoms with Crippen LogP contribution < -0.4 is 16.6 Å². The average molecular weight is 1760 g/mol. The first kappa shape index (κ1) is 98.5. The molecule has 14 rings (SSSR count). The molecule has 127 heavy (non-hydrogen) atoms. The van der Waals surface area contributed by atoms with Crippen molar-refractivity contribution in [1.82, 2.24) is 9.97 Å². The van der Waals surface area contributed by atoms with Crippen LogP contribution in [-0.4, -0.2) is 124 Å². The van der Waals surface area contributed by atoms with Crippen LogP contribution in [0.15, 0.2) is 219 Å². The minimum atomic E-state index is -1.00. The molecule has 0 amide bonds. The first-order chi connectivity index (χ1) is 61.2. The Hall–Kier alpha value is -10.6. The van der Waals surface area contributed by atoms with Gasteiger partial charge in [-0.15, -0.1) is 22.7 Å². The zero-order valence-electron chi connectivity index (χ0n) is 73.1. The smallest absolute Gasteiger partial charge is 0.338 e. The lowest BCUT2D eigenvalue weighted by Crippen LogP contribution is -2.23. The quantitative estimate of drug-likeness (QED) is 0.0128. The third-order valence-corrected chi connectivity index (χ3v) is 26.7. The first-order valence-electron chi connectivity index (χ1n) is 44.0. The number of benzene rings is 8. The molecular weight excluding hydrogens is 1640 g/mol. The summed E-state index contributed by atoms with van der Waals surface area (Å²) in [7, 11) is 1.00. The van der Waals surface area contributed by atoms with Gasteiger partial charge in [-0.25, -0.2) is 9.59 Å². The number of rotatable bonds is 37. The molecule has 0 bridgehead atoms. The largest absolute Gasteiger partial charge is 0.550 e. The summed E-state index contributed by atoms with van der Waals surface area (Å²) in [6, 6.07) is 61.4. The van der Waals surface area contributed by atoms with E-state index in [0.29, 0.717) is 68.9 Å². The number of carbonyl (C=O) groups is 6. The van der Waals surface area contributed by atoms with Gasteiger partial charge in [0.1, 0.15) is 19.0 Å². The number of unbranched alkanes of at least 4 members (excludes halogenated alkanes) is 6. The molecule has 12 N–H and O–H groups in total. The molecule has 0 radical (unpaired) electrons. The lowest BCUT2D eigenvalue weighted by Gasteiger charge is -2.24. The molecule has 2 aliphatic rings. The zero-order valence-corrected chi connectivity index (χ0v) is 74.7. The number of aromatic nitrogens is 2. The summed E-state index contributed by atoms with van der Waals surface area (Å²) in [5.74, 6) is -2.72. The normalized spacial score (nSPS) is 17.9. The van der Waals surface area contributed by atoms with Crippen molar-refractivity contribution in [3.05, 3.63) is 295 Å². The van der Waals surface area contributed by atoms with E-state index >= 15 is 0 Å². The number of aryl methyl sites for hydroxylation is 4. The van der Waals surface area contributed by atoms with E-state index in [9.17, 15) is 64.5 Å². The minimum absolute atomic E-state index is 0.00255. The summed E-state index contributed by atoms with van der Waals surface area (Å²) < 4.78 is 13.3. The molecule has 0 saturated heterocycles. The highest BCUT2D eigenvalue weighted by Crippen LogP contribution is 2.44. The van der Waals surface area contributed by atoms with Crippen LogP contribution in [0, 0.1) is 51.4 Å². The second kappa shape index (κ2) is 49.6. The Morgan fingerprint density at radius 2 is 0.850 bits per heavy atom. The third-order valence-electron chi connectivity index (χ3n) is 24.3. The Balaban J connectivity index is 0.000000176. The van der Waals surface area contributed by atoms with Crippen molar-refractivity contribution in [3.63, 3.8) is 0 Å². The number of hydrogen-bond donors (Lipinski definition) is 10. The fraction of sp³-hybridized carbons (Fsp3) is 0.385. The van der Waals surface area contributed by atoms with Crippen molar-refractivity contribution >= 4 is 99.8 Å². The maximum atomic E-state index is 13.0. The van der Waals surface area contributed by atoms with Crippen LogP contribution in [0.5, 0.6) is 0 Å². The van der Waals surface area contributed by atoms with Crippen molar-refractivity contribution in [2.24, 2.45) is 35.1 Å². The Kier molecular flexibility index (Phi) is 38.5. The number of Topliss-reactive ketones (excluding diaryl/α,β-unsaturated/α-hetero) is 2. The van der Waals surface area contributed by atoms with Crippen LogP contribution in [-0.2, 0) is 54.7 Å². The molecular formula is C104H121N4O17S2-. The molecule has 4 aromatic heterocycles. The number of pyridine rings is 2. The standard InChI is InChI=1S/C29H28N2O3.C28H26N2O3.2C23H32O5S.CH4O/c1-19-3-10-26(20(2)13-19)29(33)34-18-21-4-7-23(8-5-21)27(16-30)28(32)15-22-6-9-25-17-31-12-11-24(25)14-22;1-18-3-10-25(19(2)13-18)28(32)33-17-20-4-7-22(8-5-20)27(29)26(31)15-21-6-9-24-16-30-12-11-23(24)14-21;2*24-18(22-13-15-7-5-6-9-21(15)29-22)12-11-17-16(19(25)14-20(17)26)8-3-1-2-4-10-23(27)28;1-2/h3-14,17,27H,15-16,18,30H2,1-2H3;3-14,16,27H,15,17,29H2,1-2H3;2*5-7,9,13,16-20,24-26H,1-4,8,10-12,14H2,(H,27,28);2H,1H3/p-1/t2*27-;2*16-,17-,18-,19+,20-;/m1111./s1. The number of aliphatic carboxylic acids is 2. The fourth-order valence-electron chi connectivity index (χ4n) is 17.3. The topological polar surface area (TPSA) is 384 Å². The minimum Gasteiger partial charge on any atom is -0.550 e. The molecule has 0 aliphatic heterocycles. The molecule has 2 saturated carbocycles. The molecule has 12 aromatic rings. The van der Waals surface area contributed by atoms with Crippen molar-refractivity contribution in [2.45, 2.75) is 218 Å². The van der Waals surface area contributed by atoms with Gasteiger partial charge >= 0.3 is 17.9 Å². The van der Waals surface area contributed by atoms with Gasteiger partial charge in [-0.2, -0.15) is 0 Å². The number of ketones is 2. The van der Waals surface area contributed by atoms with Gasteiger partial charge in [-0.05, 0) is 237 Å². The van der Waals surface area contributed by atoms with Crippen LogP contribution in [0.4, 0.5) is 0 Å². The summed E-state index contributed by atoms with van der Waals surface area (Å²) >= 11 is 3.22. The van der Waals surface area contributed by atoms with E-state index in [1.165, 1.54) is 4.70 Å². The maximum Gasteiger partial charge on any atom is 0.338 e. The van der Waals surface area contributed by atoms with Crippen molar-refractivity contribution < 1.29 is 84.2 Å². The van der Waals surface area contributed by atoms with Gasteiger partial charge < -0.3 is 71.7 Å². The lowest BCUT2D eigenvalue weighted by atomic mass is 9.84. The molecule has 2 aliphatic carbocycles. The number of nitrogens with zero attached hydrogens (tertiary/aromatic N) is 2. The number of aliphatic hydroxyl groups excluding tert-OH is 7. The van der Waals surface area contributed by atoms with E-state index in [-0.39, 0.29) is 92.1 Å². The van der Waals surface area contributed by atoms with E-state index in [0.717, 1.165) is 161 Å². The number of aliphatic hydroxyl groups is 7. The number of esters is 2. The first-order valence-corrected chi connectivity index (χ1v) is 45.6. The number of carboxylic acid groups (broad SMARTS) is 2. The fourth-order valence-corrected chi connectivity index (χ4v) is 19.4. The van der Waals surface area contributed by atoms with Gasteiger partial charge in [0.2, 0.25) is 0 Å². The highest BCUT2D eigenvalue weighted by atomic mass is 32.1. The highest BCUT2D eigenvalue weighted by molar-refractivity contribution is 7.19. The van der Waals surface area contributed by atoms with E-state index in [1.807, 2.05) is 204 Å². The molecule has 672 valence electrons. The van der Waals surface area contributed by atoms with Gasteiger partial charge in [-0.3, -0.25) is 24.4 Å². The lowest BCUT2D eigenvalue weighted by molar-refractivity contribution is -0.305. The number of ether oxygens (including phenoxy) is 2. The third kappa shape index (κ3) is 29.2. The Morgan fingerprint density at radius 1 is 0.449 bits per heavy atom. The molecule has 4 heterocycles. The number of hydrogen-bond acceptors (Lipinski definition) is 22. The summed E-state index contributed by atoms with van der Waals surface area (Å²) in [4.78, 5) is 81.7. The van der Waals surface area contributed by atoms with Crippen molar-refractivity contribution in [3.8, 4) is 0 Å². The number of nitrogens with two attached hydrogens (primary N) is 2. The molecule has 0 unspecified atom stereocenters. The van der Waals surface area contributed by atoms with Gasteiger partial charge in [0, 0.05) is 93.6 Å². The molecule has 8 aromatic carbocycles. The van der Waals surface area contributed by atoms with Crippen LogP contribution in [0.2, 0.25) is 0 Å². The predicted molar refractivity (Wildman–Crippen MR) is 498 cm³/mol. The predicted octanol–water partition coefficient (Wildman–Crippen LogP) is 17.4. The second-order valence-electron chi connectivity index (χ2n) is 33.6. The number of fused-ring (bicyclic) bond motifs is 4. The van der Waals surface area contributed by atoms with Gasteiger partial charge in [0.15, 0.2) is 5.78 Å². The van der Waals surface area contributed by atoms with E-state index in [4.69, 9.17) is 31.2 Å². The Bertz CT molecular complexity index is 5360. The molecule has 2 fully saturated rings. The zero-order chi connectivity index (χ0) is 91.1. The van der Waals surface area contributed by atoms with E-state index < -0.39 is 54.6 Å². The molecule has 23 heteroatoms. The SMILES string of the molecule is CO.Cc1ccc(C(=O)OCc2ccc([C@@H](CN)C(=O)Cc3ccc4cnccc4c3)cc2)c(C)c1.Cc1ccc(C(=O)OCc2ccc([C@@H](N)C(=O)Cc3ccc4cnccc4c3)cc2)c(C)c1.O=C(O)CCCCCC[C@@H]1[C@@H](CC[C@@H](O)c2cc3ccccc3s2)[C@H](O)C[C@@H]1O.O=C([O-])CCCCCC[C@@H]1[C@@H](CC[C@@H](O)c2cc3ccccc3s2)[C@H](O)C[C@@H]1O. The molecule has 12 atom stereocenters. The Labute approximate surface area is 751 Å². The van der Waals surface area contributed by atoms with Crippen LogP contribution >= 0.6 is 22.7 Å². The van der Waals surface area contributed by atoms with Gasteiger partial charge in [-0.1, -0.05) is 195 Å². The molecule has 21 nitrogen and oxygen atoms in total. The maximum absolute atomic E-state index is 13.0. The van der Waals surface area contributed by atoms with Gasteiger partial charge in [0.05, 0.1) is 59.7 Å². The Morgan fingerprint density at radius 3 is 1.27 bits per heavy atom.